The van der Waals surface area contributed by atoms with Crippen LogP contribution in [0, 0.1) is 13.8 Å². The van der Waals surface area contributed by atoms with E-state index in [1.807, 2.05) is 61.2 Å². The zero-order chi connectivity index (χ0) is 22.0. The van der Waals surface area contributed by atoms with Crippen molar-refractivity contribution >= 4 is 5.91 Å². The fraction of sp³-hybridized carbons (Fsp3) is 0.360. The zero-order valence-electron chi connectivity index (χ0n) is 18.6. The highest BCUT2D eigenvalue weighted by molar-refractivity contribution is 5.96. The molecule has 1 aliphatic rings. The number of amides is 1. The van der Waals surface area contributed by atoms with Crippen LogP contribution < -0.4 is 9.47 Å². The molecule has 6 heteroatoms. The minimum absolute atomic E-state index is 0.0335. The van der Waals surface area contributed by atoms with Gasteiger partial charge in [0.25, 0.3) is 5.91 Å². The van der Waals surface area contributed by atoms with Crippen LogP contribution in [0.3, 0.4) is 0 Å². The van der Waals surface area contributed by atoms with Crippen LogP contribution in [0.4, 0.5) is 0 Å². The third kappa shape index (κ3) is 4.02. The minimum atomic E-state index is 0.0335. The summed E-state index contributed by atoms with van der Waals surface area (Å²) >= 11 is 0. The van der Waals surface area contributed by atoms with Crippen molar-refractivity contribution in [3.05, 3.63) is 76.9 Å². The van der Waals surface area contributed by atoms with E-state index in [1.54, 1.807) is 20.4 Å². The molecule has 31 heavy (non-hydrogen) atoms. The smallest absolute Gasteiger partial charge is 0.256 e. The fourth-order valence-electron chi connectivity index (χ4n) is 4.49. The summed E-state index contributed by atoms with van der Waals surface area (Å²) < 4.78 is 13.0. The first kappa shape index (κ1) is 21.0. The molecule has 1 unspecified atom stereocenters. The van der Waals surface area contributed by atoms with Crippen LogP contribution in [0.15, 0.2) is 48.7 Å². The first-order chi connectivity index (χ1) is 15.0. The Kier molecular flexibility index (Phi) is 5.98. The third-order valence-electron chi connectivity index (χ3n) is 6.16. The Bertz CT molecular complexity index is 1080. The number of methoxy groups -OCH3 is 2. The van der Waals surface area contributed by atoms with E-state index < -0.39 is 0 Å². The lowest BCUT2D eigenvalue weighted by atomic mass is 10.0. The van der Waals surface area contributed by atoms with Crippen molar-refractivity contribution in [1.29, 1.82) is 0 Å². The van der Waals surface area contributed by atoms with Crippen LogP contribution in [-0.2, 0) is 6.54 Å². The van der Waals surface area contributed by atoms with Gasteiger partial charge < -0.3 is 18.9 Å². The molecule has 0 bridgehead atoms. The van der Waals surface area contributed by atoms with Gasteiger partial charge in [0.15, 0.2) is 11.5 Å². The summed E-state index contributed by atoms with van der Waals surface area (Å²) in [7, 11) is 3.26. The number of nitrogens with zero attached hydrogens (tertiary/aromatic N) is 3. The first-order valence-electron chi connectivity index (χ1n) is 10.6. The average Bonchev–Trinajstić information content (AvgIpc) is 3.39. The highest BCUT2D eigenvalue weighted by Gasteiger charge is 2.32. The second kappa shape index (κ2) is 8.84. The molecule has 3 aromatic rings. The molecule has 6 nitrogen and oxygen atoms in total. The van der Waals surface area contributed by atoms with Gasteiger partial charge in [0.2, 0.25) is 0 Å². The molecule has 0 N–H and O–H groups in total. The first-order valence-corrected chi connectivity index (χ1v) is 10.6. The number of pyridine rings is 1. The molecule has 1 saturated heterocycles. The van der Waals surface area contributed by atoms with Crippen molar-refractivity contribution in [3.63, 3.8) is 0 Å². The Morgan fingerprint density at radius 3 is 2.61 bits per heavy atom. The van der Waals surface area contributed by atoms with Crippen LogP contribution in [-0.4, -0.2) is 41.1 Å². The zero-order valence-corrected chi connectivity index (χ0v) is 18.6. The second-order valence-electron chi connectivity index (χ2n) is 7.96. The molecule has 4 rings (SSSR count). The number of aryl methyl sites for hydroxylation is 1. The number of ether oxygens (including phenoxy) is 2. The molecule has 0 radical (unpaired) electrons. The van der Waals surface area contributed by atoms with Crippen LogP contribution in [0.25, 0.3) is 0 Å². The molecule has 1 aliphatic heterocycles. The van der Waals surface area contributed by atoms with E-state index in [0.717, 1.165) is 47.6 Å². The number of aromatic nitrogens is 2. The van der Waals surface area contributed by atoms with E-state index >= 15 is 0 Å². The molecule has 0 spiro atoms. The molecule has 2 aromatic heterocycles. The van der Waals surface area contributed by atoms with Gasteiger partial charge >= 0.3 is 0 Å². The van der Waals surface area contributed by atoms with Crippen LogP contribution in [0.2, 0.25) is 0 Å². The Labute approximate surface area is 183 Å². The summed E-state index contributed by atoms with van der Waals surface area (Å²) in [5.41, 5.74) is 4.86. The van der Waals surface area contributed by atoms with Gasteiger partial charge in [-0.1, -0.05) is 12.1 Å². The quantitative estimate of drug-likeness (QED) is 0.589. The maximum atomic E-state index is 13.6. The Balaban J connectivity index is 1.61. The summed E-state index contributed by atoms with van der Waals surface area (Å²) in [5.74, 6) is 1.46. The van der Waals surface area contributed by atoms with Gasteiger partial charge in [-0.05, 0) is 62.6 Å². The van der Waals surface area contributed by atoms with Gasteiger partial charge in [0.05, 0.1) is 38.1 Å². The van der Waals surface area contributed by atoms with E-state index in [-0.39, 0.29) is 11.9 Å². The fourth-order valence-corrected chi connectivity index (χ4v) is 4.49. The molecule has 1 fully saturated rings. The monoisotopic (exact) mass is 419 g/mol. The molecule has 3 heterocycles. The summed E-state index contributed by atoms with van der Waals surface area (Å²) in [6, 6.07) is 13.9. The number of carbonyl (C=O) groups is 1. The number of rotatable bonds is 6. The number of hydrogen-bond donors (Lipinski definition) is 0. The van der Waals surface area contributed by atoms with Crippen LogP contribution in [0.5, 0.6) is 11.5 Å². The highest BCUT2D eigenvalue weighted by Crippen LogP contribution is 2.38. The van der Waals surface area contributed by atoms with Crippen LogP contribution >= 0.6 is 0 Å². The van der Waals surface area contributed by atoms with Crippen molar-refractivity contribution in [2.45, 2.75) is 39.3 Å². The van der Waals surface area contributed by atoms with Gasteiger partial charge in [-0.25, -0.2) is 0 Å². The van der Waals surface area contributed by atoms with Gasteiger partial charge in [0.1, 0.15) is 0 Å². The molecule has 0 saturated carbocycles. The lowest BCUT2D eigenvalue weighted by Gasteiger charge is -2.26. The van der Waals surface area contributed by atoms with Crippen molar-refractivity contribution in [2.24, 2.45) is 0 Å². The lowest BCUT2D eigenvalue weighted by molar-refractivity contribution is 0.0734. The van der Waals surface area contributed by atoms with Gasteiger partial charge in [-0.15, -0.1) is 0 Å². The Hall–Kier alpha value is -3.28. The highest BCUT2D eigenvalue weighted by atomic mass is 16.5. The minimum Gasteiger partial charge on any atom is -0.493 e. The maximum absolute atomic E-state index is 13.6. The number of carbonyl (C=O) groups excluding carboxylic acids is 1. The summed E-state index contributed by atoms with van der Waals surface area (Å²) in [5, 5.41) is 0. The summed E-state index contributed by atoms with van der Waals surface area (Å²) in [6.07, 6.45) is 3.72. The molecule has 1 aromatic carbocycles. The predicted octanol–water partition coefficient (Wildman–Crippen LogP) is 4.54. The van der Waals surface area contributed by atoms with E-state index in [1.165, 1.54) is 0 Å². The van der Waals surface area contributed by atoms with E-state index in [2.05, 4.69) is 9.55 Å². The molecule has 1 atom stereocenters. The Morgan fingerprint density at radius 2 is 1.90 bits per heavy atom. The van der Waals surface area contributed by atoms with E-state index in [9.17, 15) is 4.79 Å². The molecule has 1 amide bonds. The van der Waals surface area contributed by atoms with Gasteiger partial charge in [0, 0.05) is 24.1 Å². The van der Waals surface area contributed by atoms with Gasteiger partial charge in [-0.3, -0.25) is 9.78 Å². The number of hydrogen-bond acceptors (Lipinski definition) is 4. The SMILES string of the molecule is COc1ccc(C2CCCN2C(=O)c2cc(C)n(Cc3ccccn3)c2C)cc1OC. The molecular formula is C25H29N3O3. The normalized spacial score (nSPS) is 15.9. The summed E-state index contributed by atoms with van der Waals surface area (Å²) in [4.78, 5) is 20.0. The van der Waals surface area contributed by atoms with Crippen LogP contribution in [0.1, 0.15) is 51.9 Å². The molecule has 162 valence electrons. The Morgan fingerprint density at radius 1 is 1.10 bits per heavy atom. The van der Waals surface area contributed by atoms with E-state index in [4.69, 9.17) is 9.47 Å². The van der Waals surface area contributed by atoms with Crippen molar-refractivity contribution in [3.8, 4) is 11.5 Å². The second-order valence-corrected chi connectivity index (χ2v) is 7.96. The largest absolute Gasteiger partial charge is 0.493 e. The van der Waals surface area contributed by atoms with Crippen molar-refractivity contribution < 1.29 is 14.3 Å². The predicted molar refractivity (Wildman–Crippen MR) is 120 cm³/mol. The topological polar surface area (TPSA) is 56.6 Å². The molecule has 0 aliphatic carbocycles. The van der Waals surface area contributed by atoms with E-state index in [0.29, 0.717) is 18.0 Å². The molecular weight excluding hydrogens is 390 g/mol. The lowest BCUT2D eigenvalue weighted by Crippen LogP contribution is -2.31. The van der Waals surface area contributed by atoms with Gasteiger partial charge in [-0.2, -0.15) is 0 Å². The average molecular weight is 420 g/mol. The third-order valence-corrected chi connectivity index (χ3v) is 6.16. The maximum Gasteiger partial charge on any atom is 0.256 e. The summed E-state index contributed by atoms with van der Waals surface area (Å²) in [6.45, 7) is 5.47. The standard InChI is InChI=1S/C25H29N3O3/c1-17-14-21(18(2)28(17)16-20-8-5-6-12-26-20)25(29)27-13-7-9-22(27)19-10-11-23(30-3)24(15-19)31-4/h5-6,8,10-12,14-15,22H,7,9,13,16H2,1-4H3. The number of benzene rings is 1. The number of likely N-dealkylation sites (tertiary alicyclic amines) is 1. The van der Waals surface area contributed by atoms with Crippen molar-refractivity contribution in [2.75, 3.05) is 20.8 Å². The van der Waals surface area contributed by atoms with Crippen molar-refractivity contribution in [1.82, 2.24) is 14.5 Å².